The maximum atomic E-state index is 14.5. The van der Waals surface area contributed by atoms with Crippen molar-refractivity contribution in [1.29, 1.82) is 0 Å². The predicted molar refractivity (Wildman–Crippen MR) is 131 cm³/mol. The van der Waals surface area contributed by atoms with Crippen LogP contribution in [0, 0.1) is 11.6 Å². The van der Waals surface area contributed by atoms with Crippen LogP contribution in [0.25, 0.3) is 16.9 Å². The van der Waals surface area contributed by atoms with Gasteiger partial charge in [0.05, 0.1) is 24.2 Å². The Morgan fingerprint density at radius 2 is 1.75 bits per heavy atom. The Hall–Kier alpha value is -4.05. The van der Waals surface area contributed by atoms with Gasteiger partial charge in [-0.15, -0.1) is 0 Å². The maximum absolute atomic E-state index is 14.5. The number of fused-ring (bicyclic) bond motifs is 1. The van der Waals surface area contributed by atoms with Gasteiger partial charge in [-0.25, -0.2) is 13.8 Å². The number of carbonyl (C=O) groups is 1. The third-order valence-electron chi connectivity index (χ3n) is 6.45. The van der Waals surface area contributed by atoms with E-state index in [2.05, 4.69) is 15.3 Å². The summed E-state index contributed by atoms with van der Waals surface area (Å²) in [5.41, 5.74) is -0.0106. The Morgan fingerprint density at radius 1 is 1.08 bits per heavy atom. The molecule has 1 fully saturated rings. The zero-order chi connectivity index (χ0) is 25.4. The number of morpholine rings is 1. The number of amides is 1. The summed E-state index contributed by atoms with van der Waals surface area (Å²) in [6.07, 6.45) is 2.87. The number of hydrogen-bond donors (Lipinski definition) is 2. The summed E-state index contributed by atoms with van der Waals surface area (Å²) in [7, 11) is 0. The van der Waals surface area contributed by atoms with Crippen molar-refractivity contribution in [3.8, 4) is 11.4 Å². The smallest absolute Gasteiger partial charge is 0.276 e. The number of halogens is 2. The molecule has 0 radical (unpaired) electrons. The summed E-state index contributed by atoms with van der Waals surface area (Å²) in [4.78, 5) is 34.5. The van der Waals surface area contributed by atoms with Gasteiger partial charge in [-0.1, -0.05) is 18.2 Å². The Bertz CT molecular complexity index is 1470. The highest BCUT2D eigenvalue weighted by Gasteiger charge is 2.34. The quantitative estimate of drug-likeness (QED) is 0.441. The van der Waals surface area contributed by atoms with Gasteiger partial charge in [-0.05, 0) is 43.7 Å². The van der Waals surface area contributed by atoms with Crippen molar-refractivity contribution in [1.82, 2.24) is 19.3 Å². The first-order valence-electron chi connectivity index (χ1n) is 11.6. The number of hydrogen-bond acceptors (Lipinski definition) is 5. The highest BCUT2D eigenvalue weighted by Crippen LogP contribution is 2.31. The monoisotopic (exact) mass is 493 g/mol. The van der Waals surface area contributed by atoms with Gasteiger partial charge < -0.3 is 19.9 Å². The van der Waals surface area contributed by atoms with Crippen molar-refractivity contribution in [2.75, 3.05) is 31.6 Å². The van der Waals surface area contributed by atoms with Crippen molar-refractivity contribution in [3.63, 3.8) is 0 Å². The molecule has 2 aromatic heterocycles. The van der Waals surface area contributed by atoms with Crippen LogP contribution < -0.4 is 10.9 Å². The number of ether oxygens (including phenoxy) is 1. The highest BCUT2D eigenvalue weighted by molar-refractivity contribution is 5.87. The molecule has 2 aromatic carbocycles. The van der Waals surface area contributed by atoms with E-state index in [4.69, 9.17) is 4.74 Å². The first-order chi connectivity index (χ1) is 17.3. The van der Waals surface area contributed by atoms with E-state index in [0.717, 1.165) is 17.7 Å². The van der Waals surface area contributed by atoms with E-state index in [1.807, 2.05) is 30.9 Å². The molecule has 5 rings (SSSR count). The average molecular weight is 494 g/mol. The Morgan fingerprint density at radius 3 is 2.42 bits per heavy atom. The number of imidazole rings is 1. The minimum atomic E-state index is -0.787. The van der Waals surface area contributed by atoms with E-state index in [-0.39, 0.29) is 28.6 Å². The molecule has 0 aliphatic carbocycles. The number of aromatic amines is 1. The lowest BCUT2D eigenvalue weighted by atomic mass is 9.83. The minimum absolute atomic E-state index is 0.0229. The van der Waals surface area contributed by atoms with Gasteiger partial charge in [-0.2, -0.15) is 0 Å². The van der Waals surface area contributed by atoms with E-state index < -0.39 is 22.6 Å². The fourth-order valence-corrected chi connectivity index (χ4v) is 4.42. The van der Waals surface area contributed by atoms with Gasteiger partial charge in [-0.3, -0.25) is 14.0 Å². The van der Waals surface area contributed by atoms with Crippen LogP contribution in [0.5, 0.6) is 0 Å². The molecule has 36 heavy (non-hydrogen) atoms. The largest absolute Gasteiger partial charge is 0.378 e. The third kappa shape index (κ3) is 4.13. The zero-order valence-electron chi connectivity index (χ0n) is 19.8. The van der Waals surface area contributed by atoms with Crippen LogP contribution in [0.3, 0.4) is 0 Å². The number of nitrogens with one attached hydrogen (secondary N) is 2. The van der Waals surface area contributed by atoms with Gasteiger partial charge in [0.15, 0.2) is 17.2 Å². The molecule has 0 bridgehead atoms. The van der Waals surface area contributed by atoms with E-state index >= 15 is 0 Å². The van der Waals surface area contributed by atoms with Crippen molar-refractivity contribution in [3.05, 3.63) is 82.4 Å². The molecule has 10 heteroatoms. The summed E-state index contributed by atoms with van der Waals surface area (Å²) in [6.45, 7) is 5.95. The van der Waals surface area contributed by atoms with Crippen LogP contribution >= 0.6 is 0 Å². The molecular weight excluding hydrogens is 468 g/mol. The van der Waals surface area contributed by atoms with Crippen LogP contribution in [-0.4, -0.2) is 51.5 Å². The topological polar surface area (TPSA) is 91.7 Å². The molecule has 0 spiro atoms. The first-order valence-corrected chi connectivity index (χ1v) is 11.6. The molecule has 4 aromatic rings. The molecule has 8 nitrogen and oxygen atoms in total. The number of nitrogens with zero attached hydrogens (tertiary/aromatic N) is 3. The third-order valence-corrected chi connectivity index (χ3v) is 6.45. The first kappa shape index (κ1) is 23.7. The van der Waals surface area contributed by atoms with Gasteiger partial charge in [0.2, 0.25) is 5.91 Å². The summed E-state index contributed by atoms with van der Waals surface area (Å²) in [5, 5.41) is 3.08. The molecule has 0 unspecified atom stereocenters. The van der Waals surface area contributed by atoms with Crippen molar-refractivity contribution in [2.24, 2.45) is 0 Å². The number of anilines is 2. The van der Waals surface area contributed by atoms with Crippen molar-refractivity contribution < 1.29 is 18.3 Å². The van der Waals surface area contributed by atoms with Crippen molar-refractivity contribution in [2.45, 2.75) is 19.3 Å². The summed E-state index contributed by atoms with van der Waals surface area (Å²) in [5.74, 6) is -1.45. The van der Waals surface area contributed by atoms with E-state index in [0.29, 0.717) is 32.0 Å². The van der Waals surface area contributed by atoms with Gasteiger partial charge in [0, 0.05) is 31.2 Å². The molecule has 186 valence electrons. The van der Waals surface area contributed by atoms with Gasteiger partial charge in [0.25, 0.3) is 5.56 Å². The SMILES string of the molecule is CC(C)(C(=O)N1CCOCC1)c1ccc(Nc2nc(-c3c(F)cccc3F)n3cc[nH]c(=O)c23)cc1. The van der Waals surface area contributed by atoms with Crippen LogP contribution in [0.1, 0.15) is 19.4 Å². The lowest BCUT2D eigenvalue weighted by Gasteiger charge is -2.34. The van der Waals surface area contributed by atoms with Crippen molar-refractivity contribution >= 4 is 22.9 Å². The standard InChI is InChI=1S/C26H25F2N5O3/c1-26(2,25(35)32-12-14-36-15-13-32)16-6-8-17(9-7-16)30-22-21-24(34)29-10-11-33(21)23(31-22)20-18(27)4-3-5-19(20)28/h3-11,30H,12-15H2,1-2H3,(H,29,34). The molecule has 1 aliphatic rings. The molecule has 0 saturated carbocycles. The van der Waals surface area contributed by atoms with Crippen LogP contribution in [0.2, 0.25) is 0 Å². The molecular formula is C26H25F2N5O3. The predicted octanol–water partition coefficient (Wildman–Crippen LogP) is 3.85. The maximum Gasteiger partial charge on any atom is 0.276 e. The number of H-pyrrole nitrogens is 1. The molecule has 3 heterocycles. The Kier molecular flexibility index (Phi) is 6.05. The highest BCUT2D eigenvalue weighted by atomic mass is 19.1. The number of aromatic nitrogens is 3. The summed E-state index contributed by atoms with van der Waals surface area (Å²) >= 11 is 0. The number of benzene rings is 2. The molecule has 1 aliphatic heterocycles. The summed E-state index contributed by atoms with van der Waals surface area (Å²) < 4.78 is 35.7. The zero-order valence-corrected chi connectivity index (χ0v) is 19.8. The second-order valence-electron chi connectivity index (χ2n) is 9.12. The molecule has 2 N–H and O–H groups in total. The Labute approximate surface area is 205 Å². The fourth-order valence-electron chi connectivity index (χ4n) is 4.42. The van der Waals surface area contributed by atoms with Gasteiger partial charge in [0.1, 0.15) is 11.6 Å². The number of carbonyl (C=O) groups excluding carboxylic acids is 1. The number of rotatable bonds is 5. The lowest BCUT2D eigenvalue weighted by molar-refractivity contribution is -0.140. The van der Waals surface area contributed by atoms with Gasteiger partial charge >= 0.3 is 0 Å². The summed E-state index contributed by atoms with van der Waals surface area (Å²) in [6, 6.07) is 10.8. The fraction of sp³-hybridized carbons (Fsp3) is 0.269. The average Bonchev–Trinajstić information content (AvgIpc) is 3.23. The van der Waals surface area contributed by atoms with E-state index in [1.54, 1.807) is 12.1 Å². The van der Waals surface area contributed by atoms with E-state index in [9.17, 15) is 18.4 Å². The normalized spacial score (nSPS) is 14.3. The minimum Gasteiger partial charge on any atom is -0.378 e. The lowest BCUT2D eigenvalue weighted by Crippen LogP contribution is -2.48. The molecule has 1 saturated heterocycles. The van der Waals surface area contributed by atoms with Crippen LogP contribution in [0.4, 0.5) is 20.3 Å². The molecule has 0 atom stereocenters. The Balaban J connectivity index is 1.47. The van der Waals surface area contributed by atoms with Crippen LogP contribution in [-0.2, 0) is 14.9 Å². The van der Waals surface area contributed by atoms with E-state index in [1.165, 1.54) is 22.9 Å². The second-order valence-corrected chi connectivity index (χ2v) is 9.12. The molecule has 1 amide bonds. The second kappa shape index (κ2) is 9.19. The van der Waals surface area contributed by atoms with Crippen LogP contribution in [0.15, 0.2) is 59.7 Å².